The van der Waals surface area contributed by atoms with Gasteiger partial charge in [-0.1, -0.05) is 29.8 Å². The molecule has 1 aromatic carbocycles. The van der Waals surface area contributed by atoms with Gasteiger partial charge in [0, 0.05) is 12.6 Å². The van der Waals surface area contributed by atoms with Gasteiger partial charge in [0.25, 0.3) is 6.43 Å². The van der Waals surface area contributed by atoms with Crippen LogP contribution in [0.2, 0.25) is 0 Å². The van der Waals surface area contributed by atoms with Crippen LogP contribution in [0, 0.1) is 6.92 Å². The molecule has 0 aliphatic heterocycles. The molecule has 4 heteroatoms. The van der Waals surface area contributed by atoms with E-state index in [2.05, 4.69) is 0 Å². The van der Waals surface area contributed by atoms with E-state index in [1.807, 2.05) is 31.2 Å². The van der Waals surface area contributed by atoms with Crippen LogP contribution in [0.3, 0.4) is 0 Å². The predicted octanol–water partition coefficient (Wildman–Crippen LogP) is 2.19. The molecule has 2 N–H and O–H groups in total. The quantitative estimate of drug-likeness (QED) is 0.837. The molecule has 1 rings (SSSR count). The average Bonchev–Trinajstić information content (AvgIpc) is 2.16. The second kappa shape index (κ2) is 5.92. The lowest BCUT2D eigenvalue weighted by Crippen LogP contribution is -2.32. The fourth-order valence-electron chi connectivity index (χ4n) is 1.56. The van der Waals surface area contributed by atoms with Crippen molar-refractivity contribution in [3.8, 4) is 0 Å². The van der Waals surface area contributed by atoms with E-state index in [1.165, 1.54) is 0 Å². The number of aryl methyl sites for hydroxylation is 1. The number of hydrogen-bond donors (Lipinski definition) is 1. The van der Waals surface area contributed by atoms with Crippen molar-refractivity contribution in [2.75, 3.05) is 20.1 Å². The lowest BCUT2D eigenvalue weighted by Gasteiger charge is -2.21. The van der Waals surface area contributed by atoms with Gasteiger partial charge in [-0.3, -0.25) is 4.90 Å². The van der Waals surface area contributed by atoms with Gasteiger partial charge in [-0.15, -0.1) is 0 Å². The van der Waals surface area contributed by atoms with Gasteiger partial charge >= 0.3 is 0 Å². The molecular weight excluding hydrogens is 210 g/mol. The zero-order valence-electron chi connectivity index (χ0n) is 9.66. The first-order valence-corrected chi connectivity index (χ1v) is 5.28. The minimum absolute atomic E-state index is 0.218. The SMILES string of the molecule is Cc1ccc(C(N)CN(C)CC(F)F)cc1. The summed E-state index contributed by atoms with van der Waals surface area (Å²) >= 11 is 0. The Morgan fingerprint density at radius 1 is 1.19 bits per heavy atom. The molecule has 0 aromatic heterocycles. The molecule has 16 heavy (non-hydrogen) atoms. The molecule has 0 fully saturated rings. The van der Waals surface area contributed by atoms with Gasteiger partial charge in [-0.25, -0.2) is 8.78 Å². The van der Waals surface area contributed by atoms with Crippen molar-refractivity contribution in [3.63, 3.8) is 0 Å². The van der Waals surface area contributed by atoms with Crippen molar-refractivity contribution in [2.45, 2.75) is 19.4 Å². The molecule has 1 aromatic rings. The number of benzene rings is 1. The van der Waals surface area contributed by atoms with Crippen LogP contribution in [0.1, 0.15) is 17.2 Å². The molecule has 90 valence electrons. The van der Waals surface area contributed by atoms with Gasteiger partial charge in [-0.05, 0) is 19.5 Å². The third-order valence-corrected chi connectivity index (χ3v) is 2.46. The van der Waals surface area contributed by atoms with E-state index in [0.29, 0.717) is 6.54 Å². The van der Waals surface area contributed by atoms with E-state index in [1.54, 1.807) is 11.9 Å². The first-order valence-electron chi connectivity index (χ1n) is 5.28. The van der Waals surface area contributed by atoms with E-state index in [0.717, 1.165) is 11.1 Å². The Bertz CT molecular complexity index is 311. The molecule has 0 spiro atoms. The number of halogens is 2. The Morgan fingerprint density at radius 3 is 2.25 bits per heavy atom. The van der Waals surface area contributed by atoms with Crippen LogP contribution in [0.4, 0.5) is 8.78 Å². The summed E-state index contributed by atoms with van der Waals surface area (Å²) in [6, 6.07) is 7.61. The summed E-state index contributed by atoms with van der Waals surface area (Å²) in [6.07, 6.45) is -2.31. The molecule has 1 unspecified atom stereocenters. The van der Waals surface area contributed by atoms with Crippen molar-refractivity contribution >= 4 is 0 Å². The summed E-state index contributed by atoms with van der Waals surface area (Å²) < 4.78 is 24.2. The normalized spacial score (nSPS) is 13.4. The highest BCUT2D eigenvalue weighted by molar-refractivity contribution is 5.24. The van der Waals surface area contributed by atoms with Crippen molar-refractivity contribution < 1.29 is 8.78 Å². The minimum atomic E-state index is -2.31. The van der Waals surface area contributed by atoms with Gasteiger partial charge in [0.2, 0.25) is 0 Å². The molecule has 0 bridgehead atoms. The van der Waals surface area contributed by atoms with Crippen molar-refractivity contribution in [1.29, 1.82) is 0 Å². The van der Waals surface area contributed by atoms with Crippen LogP contribution < -0.4 is 5.73 Å². The molecule has 1 atom stereocenters. The molecular formula is C12H18F2N2. The van der Waals surface area contributed by atoms with Crippen LogP contribution in [-0.4, -0.2) is 31.5 Å². The van der Waals surface area contributed by atoms with Crippen LogP contribution in [0.25, 0.3) is 0 Å². The average molecular weight is 228 g/mol. The highest BCUT2D eigenvalue weighted by Crippen LogP contribution is 2.12. The Labute approximate surface area is 95.1 Å². The van der Waals surface area contributed by atoms with E-state index < -0.39 is 6.43 Å². The fraction of sp³-hybridized carbons (Fsp3) is 0.500. The maximum absolute atomic E-state index is 12.1. The van der Waals surface area contributed by atoms with Crippen LogP contribution in [0.15, 0.2) is 24.3 Å². The number of rotatable bonds is 5. The van der Waals surface area contributed by atoms with Crippen molar-refractivity contribution in [1.82, 2.24) is 4.90 Å². The van der Waals surface area contributed by atoms with Gasteiger partial charge in [-0.2, -0.15) is 0 Å². The minimum Gasteiger partial charge on any atom is -0.323 e. The van der Waals surface area contributed by atoms with Crippen molar-refractivity contribution in [3.05, 3.63) is 35.4 Å². The number of alkyl halides is 2. The van der Waals surface area contributed by atoms with E-state index in [9.17, 15) is 8.78 Å². The molecule has 0 amide bonds. The van der Waals surface area contributed by atoms with Crippen molar-refractivity contribution in [2.24, 2.45) is 5.73 Å². The number of hydrogen-bond acceptors (Lipinski definition) is 2. The maximum atomic E-state index is 12.1. The van der Waals surface area contributed by atoms with Gasteiger partial charge < -0.3 is 5.73 Å². The maximum Gasteiger partial charge on any atom is 0.251 e. The largest absolute Gasteiger partial charge is 0.323 e. The summed E-state index contributed by atoms with van der Waals surface area (Å²) in [5.41, 5.74) is 8.08. The molecule has 0 saturated heterocycles. The van der Waals surface area contributed by atoms with Gasteiger partial charge in [0.05, 0.1) is 6.54 Å². The molecule has 0 aliphatic carbocycles. The summed E-state index contributed by atoms with van der Waals surface area (Å²) in [5.74, 6) is 0. The van der Waals surface area contributed by atoms with E-state index >= 15 is 0 Å². The summed E-state index contributed by atoms with van der Waals surface area (Å²) in [7, 11) is 1.65. The van der Waals surface area contributed by atoms with Crippen LogP contribution in [-0.2, 0) is 0 Å². The second-order valence-corrected chi connectivity index (χ2v) is 4.13. The summed E-state index contributed by atoms with van der Waals surface area (Å²) in [6.45, 7) is 2.20. The molecule has 0 heterocycles. The predicted molar refractivity (Wildman–Crippen MR) is 61.6 cm³/mol. The topological polar surface area (TPSA) is 29.3 Å². The second-order valence-electron chi connectivity index (χ2n) is 4.13. The molecule has 0 radical (unpaired) electrons. The first-order chi connectivity index (χ1) is 7.49. The highest BCUT2D eigenvalue weighted by Gasteiger charge is 2.12. The zero-order chi connectivity index (χ0) is 12.1. The number of likely N-dealkylation sites (N-methyl/N-ethyl adjacent to an activating group) is 1. The summed E-state index contributed by atoms with van der Waals surface area (Å²) in [5, 5.41) is 0. The third-order valence-electron chi connectivity index (χ3n) is 2.46. The number of nitrogens with zero attached hydrogens (tertiary/aromatic N) is 1. The van der Waals surface area contributed by atoms with Gasteiger partial charge in [0.1, 0.15) is 0 Å². The Kier molecular flexibility index (Phi) is 4.83. The number of nitrogens with two attached hydrogens (primary N) is 1. The third kappa shape index (κ3) is 4.24. The first kappa shape index (κ1) is 13.1. The monoisotopic (exact) mass is 228 g/mol. The Balaban J connectivity index is 2.51. The molecule has 2 nitrogen and oxygen atoms in total. The Hall–Kier alpha value is -1.00. The van der Waals surface area contributed by atoms with Crippen LogP contribution >= 0.6 is 0 Å². The lowest BCUT2D eigenvalue weighted by molar-refractivity contribution is 0.0978. The van der Waals surface area contributed by atoms with E-state index in [-0.39, 0.29) is 12.6 Å². The highest BCUT2D eigenvalue weighted by atomic mass is 19.3. The molecule has 0 aliphatic rings. The van der Waals surface area contributed by atoms with E-state index in [4.69, 9.17) is 5.73 Å². The van der Waals surface area contributed by atoms with Gasteiger partial charge in [0.15, 0.2) is 0 Å². The lowest BCUT2D eigenvalue weighted by atomic mass is 10.1. The smallest absolute Gasteiger partial charge is 0.251 e. The fourth-order valence-corrected chi connectivity index (χ4v) is 1.56. The Morgan fingerprint density at radius 2 is 1.75 bits per heavy atom. The summed E-state index contributed by atoms with van der Waals surface area (Å²) in [4.78, 5) is 1.55. The zero-order valence-corrected chi connectivity index (χ0v) is 9.66. The molecule has 0 saturated carbocycles. The standard InChI is InChI=1S/C12H18F2N2/c1-9-3-5-10(6-4-9)11(15)7-16(2)8-12(13)14/h3-6,11-12H,7-8,15H2,1-2H3. The van der Waals surface area contributed by atoms with Crippen LogP contribution in [0.5, 0.6) is 0 Å².